The van der Waals surface area contributed by atoms with Gasteiger partial charge in [0.1, 0.15) is 0 Å². The average molecular weight is 288 g/mol. The fourth-order valence-electron chi connectivity index (χ4n) is 1.46. The first-order valence-electron chi connectivity index (χ1n) is 5.11. The molecule has 0 spiro atoms. The molecule has 2 aromatic rings. The molecule has 1 aromatic carbocycles. The number of methoxy groups -OCH3 is 1. The van der Waals surface area contributed by atoms with Gasteiger partial charge in [-0.3, -0.25) is 4.79 Å². The fourth-order valence-corrected chi connectivity index (χ4v) is 1.60. The molecule has 0 aliphatic rings. The van der Waals surface area contributed by atoms with Crippen LogP contribution in [0.1, 0.15) is 10.6 Å². The first kappa shape index (κ1) is 13.4. The van der Waals surface area contributed by atoms with Crippen LogP contribution in [-0.2, 0) is 0 Å². The molecular formula is C12H8ClF2NO3. The van der Waals surface area contributed by atoms with Gasteiger partial charge in [-0.2, -0.15) is 0 Å². The smallest absolute Gasteiger partial charge is 0.291 e. The van der Waals surface area contributed by atoms with Gasteiger partial charge >= 0.3 is 0 Å². The number of hydrogen-bond donors (Lipinski definition) is 1. The summed E-state index contributed by atoms with van der Waals surface area (Å²) in [5, 5.41) is 2.32. The van der Waals surface area contributed by atoms with Crippen LogP contribution in [0.4, 0.5) is 14.5 Å². The van der Waals surface area contributed by atoms with Crippen molar-refractivity contribution in [3.8, 4) is 5.75 Å². The Morgan fingerprint density at radius 2 is 1.95 bits per heavy atom. The second-order valence-corrected chi connectivity index (χ2v) is 3.90. The molecular weight excluding hydrogens is 280 g/mol. The van der Waals surface area contributed by atoms with Crippen LogP contribution >= 0.6 is 11.6 Å². The normalized spacial score (nSPS) is 10.3. The van der Waals surface area contributed by atoms with Crippen LogP contribution in [0.25, 0.3) is 0 Å². The number of anilines is 1. The number of hydrogen-bond acceptors (Lipinski definition) is 3. The predicted molar refractivity (Wildman–Crippen MR) is 64.6 cm³/mol. The molecule has 19 heavy (non-hydrogen) atoms. The molecule has 7 heteroatoms. The number of amides is 1. The number of rotatable bonds is 3. The van der Waals surface area contributed by atoms with Crippen LogP contribution in [-0.4, -0.2) is 13.0 Å². The maximum atomic E-state index is 13.4. The van der Waals surface area contributed by atoms with Gasteiger partial charge in [-0.15, -0.1) is 0 Å². The fraction of sp³-hybridized carbons (Fsp3) is 0.0833. The zero-order valence-electron chi connectivity index (χ0n) is 9.67. The molecule has 0 aliphatic heterocycles. The van der Waals surface area contributed by atoms with Crippen LogP contribution in [0.5, 0.6) is 5.75 Å². The molecule has 0 unspecified atom stereocenters. The van der Waals surface area contributed by atoms with Gasteiger partial charge in [0.25, 0.3) is 5.91 Å². The molecule has 0 radical (unpaired) electrons. The number of ether oxygens (including phenoxy) is 1. The highest BCUT2D eigenvalue weighted by Gasteiger charge is 2.15. The van der Waals surface area contributed by atoms with Gasteiger partial charge in [0, 0.05) is 17.8 Å². The van der Waals surface area contributed by atoms with Crippen LogP contribution < -0.4 is 10.1 Å². The van der Waals surface area contributed by atoms with E-state index in [0.717, 1.165) is 19.2 Å². The highest BCUT2D eigenvalue weighted by atomic mass is 35.5. The van der Waals surface area contributed by atoms with Crippen molar-refractivity contribution in [3.05, 3.63) is 46.9 Å². The topological polar surface area (TPSA) is 51.5 Å². The van der Waals surface area contributed by atoms with Gasteiger partial charge in [0.05, 0.1) is 7.11 Å². The Hall–Kier alpha value is -2.08. The number of nitrogens with one attached hydrogen (secondary N) is 1. The molecule has 0 saturated carbocycles. The van der Waals surface area contributed by atoms with Crippen molar-refractivity contribution in [1.29, 1.82) is 0 Å². The summed E-state index contributed by atoms with van der Waals surface area (Å²) in [5.41, 5.74) is -0.0617. The monoisotopic (exact) mass is 287 g/mol. The minimum absolute atomic E-state index is 0.0391. The van der Waals surface area contributed by atoms with Gasteiger partial charge in [-0.25, -0.2) is 8.78 Å². The summed E-state index contributed by atoms with van der Waals surface area (Å²) in [6.45, 7) is 0. The van der Waals surface area contributed by atoms with E-state index < -0.39 is 23.3 Å². The summed E-state index contributed by atoms with van der Waals surface area (Å²) in [6.07, 6.45) is 0. The Bertz CT molecular complexity index is 604. The summed E-state index contributed by atoms with van der Waals surface area (Å²) in [4.78, 5) is 11.7. The Kier molecular flexibility index (Phi) is 3.71. The number of carbonyl (C=O) groups is 1. The van der Waals surface area contributed by atoms with E-state index >= 15 is 0 Å². The second kappa shape index (κ2) is 5.27. The van der Waals surface area contributed by atoms with E-state index in [2.05, 4.69) is 10.1 Å². The Morgan fingerprint density at radius 3 is 2.42 bits per heavy atom. The average Bonchev–Trinajstić information content (AvgIpc) is 2.75. The van der Waals surface area contributed by atoms with E-state index in [1.165, 1.54) is 12.1 Å². The zero-order chi connectivity index (χ0) is 14.0. The van der Waals surface area contributed by atoms with Crippen LogP contribution in [0.15, 0.2) is 28.7 Å². The number of carbonyl (C=O) groups excluding carboxylic acids is 1. The van der Waals surface area contributed by atoms with Crippen molar-refractivity contribution < 1.29 is 22.7 Å². The van der Waals surface area contributed by atoms with Gasteiger partial charge in [0.2, 0.25) is 0 Å². The lowest BCUT2D eigenvalue weighted by atomic mass is 10.2. The van der Waals surface area contributed by atoms with E-state index in [1.807, 2.05) is 0 Å². The van der Waals surface area contributed by atoms with Crippen molar-refractivity contribution in [2.45, 2.75) is 0 Å². The largest absolute Gasteiger partial charge is 0.491 e. The minimum Gasteiger partial charge on any atom is -0.491 e. The van der Waals surface area contributed by atoms with Crippen molar-refractivity contribution >= 4 is 23.2 Å². The number of halogens is 3. The molecule has 1 N–H and O–H groups in total. The summed E-state index contributed by atoms with van der Waals surface area (Å²) >= 11 is 5.51. The molecule has 2 rings (SSSR count). The lowest BCUT2D eigenvalue weighted by Gasteiger charge is -2.07. The third kappa shape index (κ3) is 2.85. The number of benzene rings is 1. The van der Waals surface area contributed by atoms with E-state index in [-0.39, 0.29) is 16.7 Å². The van der Waals surface area contributed by atoms with Gasteiger partial charge in [-0.05, 0) is 23.7 Å². The zero-order valence-corrected chi connectivity index (χ0v) is 10.4. The molecule has 0 fully saturated rings. The lowest BCUT2D eigenvalue weighted by molar-refractivity contribution is 0.0996. The Morgan fingerprint density at radius 1 is 1.32 bits per heavy atom. The predicted octanol–water partition coefficient (Wildman–Crippen LogP) is 3.47. The van der Waals surface area contributed by atoms with E-state index in [4.69, 9.17) is 16.0 Å². The molecule has 0 bridgehead atoms. The maximum absolute atomic E-state index is 13.4. The second-order valence-electron chi connectivity index (χ2n) is 3.53. The SMILES string of the molecule is COc1c(F)cc(NC(=O)c2ccc(Cl)o2)cc1F. The van der Waals surface area contributed by atoms with Gasteiger partial charge in [-0.1, -0.05) is 0 Å². The van der Waals surface area contributed by atoms with Crippen molar-refractivity contribution in [2.75, 3.05) is 12.4 Å². The molecule has 0 aliphatic carbocycles. The number of furan rings is 1. The molecule has 1 aromatic heterocycles. The van der Waals surface area contributed by atoms with Crippen molar-refractivity contribution in [2.24, 2.45) is 0 Å². The van der Waals surface area contributed by atoms with Crippen LogP contribution in [0.2, 0.25) is 5.22 Å². The summed E-state index contributed by atoms with van der Waals surface area (Å²) in [6, 6.07) is 4.59. The van der Waals surface area contributed by atoms with E-state index in [9.17, 15) is 13.6 Å². The van der Waals surface area contributed by atoms with Crippen molar-refractivity contribution in [1.82, 2.24) is 0 Å². The molecule has 100 valence electrons. The summed E-state index contributed by atoms with van der Waals surface area (Å²) < 4.78 is 36.2. The molecule has 0 saturated heterocycles. The first-order valence-corrected chi connectivity index (χ1v) is 5.49. The molecule has 0 atom stereocenters. The van der Waals surface area contributed by atoms with Gasteiger partial charge in [0.15, 0.2) is 28.4 Å². The Labute approximate surface area is 111 Å². The molecule has 4 nitrogen and oxygen atoms in total. The minimum atomic E-state index is -0.921. The quantitative estimate of drug-likeness (QED) is 0.940. The lowest BCUT2D eigenvalue weighted by Crippen LogP contribution is -2.11. The van der Waals surface area contributed by atoms with Gasteiger partial charge < -0.3 is 14.5 Å². The van der Waals surface area contributed by atoms with E-state index in [1.54, 1.807) is 0 Å². The first-order chi connectivity index (χ1) is 9.01. The summed E-state index contributed by atoms with van der Waals surface area (Å²) in [7, 11) is 1.14. The van der Waals surface area contributed by atoms with Crippen LogP contribution in [0.3, 0.4) is 0 Å². The molecule has 1 amide bonds. The third-order valence-corrected chi connectivity index (χ3v) is 2.46. The Balaban J connectivity index is 2.22. The molecule has 1 heterocycles. The van der Waals surface area contributed by atoms with Crippen molar-refractivity contribution in [3.63, 3.8) is 0 Å². The highest BCUT2D eigenvalue weighted by Crippen LogP contribution is 2.25. The van der Waals surface area contributed by atoms with Crippen LogP contribution in [0, 0.1) is 11.6 Å². The third-order valence-electron chi connectivity index (χ3n) is 2.26. The standard InChI is InChI=1S/C12H8ClF2NO3/c1-18-11-7(14)4-6(5-8(11)15)16-12(17)9-2-3-10(13)19-9/h2-5H,1H3,(H,16,17). The maximum Gasteiger partial charge on any atom is 0.291 e. The summed E-state index contributed by atoms with van der Waals surface area (Å²) in [5.74, 6) is -3.10. The van der Waals surface area contributed by atoms with E-state index in [0.29, 0.717) is 0 Å². The highest BCUT2D eigenvalue weighted by molar-refractivity contribution is 6.29.